The van der Waals surface area contributed by atoms with Crippen molar-refractivity contribution in [3.8, 4) is 5.75 Å². The Kier molecular flexibility index (Phi) is 9.97. The third kappa shape index (κ3) is 7.82. The fourth-order valence-corrected chi connectivity index (χ4v) is 7.73. The molecular formula is C42H48ClN5O. The summed E-state index contributed by atoms with van der Waals surface area (Å²) in [5.74, 6) is 0.886. The maximum absolute atomic E-state index is 9.09. The minimum absolute atomic E-state index is 0.347. The monoisotopic (exact) mass is 673 g/mol. The summed E-state index contributed by atoms with van der Waals surface area (Å²) >= 11 is 6.22. The van der Waals surface area contributed by atoms with Crippen molar-refractivity contribution in [2.24, 2.45) is 5.41 Å². The van der Waals surface area contributed by atoms with E-state index >= 15 is 0 Å². The van der Waals surface area contributed by atoms with Gasteiger partial charge in [0.05, 0.1) is 24.2 Å². The molecule has 254 valence electrons. The maximum atomic E-state index is 9.09. The third-order valence-electron chi connectivity index (χ3n) is 10.3. The fraction of sp³-hybridized carbons (Fsp3) is 0.357. The van der Waals surface area contributed by atoms with Crippen LogP contribution in [0.25, 0.3) is 16.6 Å². The van der Waals surface area contributed by atoms with E-state index in [0.29, 0.717) is 24.2 Å². The highest BCUT2D eigenvalue weighted by atomic mass is 35.5. The second-order valence-electron chi connectivity index (χ2n) is 14.4. The summed E-state index contributed by atoms with van der Waals surface area (Å²) in [6.07, 6.45) is 4.36. The van der Waals surface area contributed by atoms with Crippen molar-refractivity contribution in [1.29, 1.82) is 5.41 Å². The number of anilines is 1. The molecule has 0 spiro atoms. The molecule has 0 saturated carbocycles. The molecule has 5 aromatic rings. The molecule has 0 bridgehead atoms. The molecule has 0 radical (unpaired) electrons. The number of piperazine rings is 1. The lowest BCUT2D eigenvalue weighted by molar-refractivity contribution is 0.256. The van der Waals surface area contributed by atoms with Gasteiger partial charge in [-0.05, 0) is 96.3 Å². The Morgan fingerprint density at radius 1 is 0.755 bits per heavy atom. The van der Waals surface area contributed by atoms with Gasteiger partial charge in [0.2, 0.25) is 5.62 Å². The number of rotatable bonds is 11. The van der Waals surface area contributed by atoms with Gasteiger partial charge in [-0.3, -0.25) is 10.3 Å². The number of ether oxygens (including phenoxy) is 1. The second kappa shape index (κ2) is 14.7. The summed E-state index contributed by atoms with van der Waals surface area (Å²) in [7, 11) is 0. The highest BCUT2D eigenvalue weighted by Gasteiger charge is 2.29. The quantitative estimate of drug-likeness (QED) is 0.143. The first-order valence-electron chi connectivity index (χ1n) is 17.8. The zero-order valence-corrected chi connectivity index (χ0v) is 29.6. The molecule has 1 saturated heterocycles. The van der Waals surface area contributed by atoms with Crippen molar-refractivity contribution in [3.05, 3.63) is 130 Å². The zero-order valence-electron chi connectivity index (χ0n) is 28.9. The highest BCUT2D eigenvalue weighted by Crippen LogP contribution is 2.43. The number of nitrogens with one attached hydrogen (secondary N) is 1. The summed E-state index contributed by atoms with van der Waals surface area (Å²) in [6.45, 7) is 12.1. The molecule has 2 aliphatic rings. The lowest BCUT2D eigenvalue weighted by Crippen LogP contribution is -2.47. The minimum atomic E-state index is 0.347. The summed E-state index contributed by atoms with van der Waals surface area (Å²) in [5, 5.41) is 9.89. The SMILES string of the molecule is CC1(C)CCC(c2ccc(Cl)cc2)=C(CN2CCN(c3ccc(Cn4c(=N)n(CCCOc5ccccc5)c5ccccc54)cc3)CC2)C1. The Labute approximate surface area is 295 Å². The van der Waals surface area contributed by atoms with Gasteiger partial charge in [-0.1, -0.05) is 85.6 Å². The van der Waals surface area contributed by atoms with Gasteiger partial charge < -0.3 is 18.8 Å². The Balaban J connectivity index is 0.978. The fourth-order valence-electron chi connectivity index (χ4n) is 7.60. The number of halogens is 1. The molecule has 1 N–H and O–H groups in total. The Bertz CT molecular complexity index is 1950. The average Bonchev–Trinajstić information content (AvgIpc) is 3.38. The number of imidazole rings is 1. The molecule has 7 heteroatoms. The van der Waals surface area contributed by atoms with E-state index in [0.717, 1.165) is 80.3 Å². The van der Waals surface area contributed by atoms with Crippen molar-refractivity contribution < 1.29 is 4.74 Å². The number of aryl methyl sites for hydroxylation is 1. The van der Waals surface area contributed by atoms with Gasteiger partial charge in [-0.2, -0.15) is 0 Å². The summed E-state index contributed by atoms with van der Waals surface area (Å²) in [6, 6.07) is 35.8. The van der Waals surface area contributed by atoms with E-state index in [4.69, 9.17) is 21.7 Å². The van der Waals surface area contributed by atoms with E-state index in [1.165, 1.54) is 28.8 Å². The van der Waals surface area contributed by atoms with Gasteiger partial charge in [0, 0.05) is 50.0 Å². The van der Waals surface area contributed by atoms with Gasteiger partial charge in [0.1, 0.15) is 5.75 Å². The third-order valence-corrected chi connectivity index (χ3v) is 10.6. The number of benzene rings is 4. The Morgan fingerprint density at radius 3 is 2.14 bits per heavy atom. The predicted octanol–water partition coefficient (Wildman–Crippen LogP) is 8.88. The van der Waals surface area contributed by atoms with Crippen LogP contribution in [0.3, 0.4) is 0 Å². The van der Waals surface area contributed by atoms with E-state index in [2.05, 4.69) is 93.4 Å². The van der Waals surface area contributed by atoms with Gasteiger partial charge in [-0.25, -0.2) is 0 Å². The molecule has 2 heterocycles. The second-order valence-corrected chi connectivity index (χ2v) is 14.9. The molecule has 6 nitrogen and oxygen atoms in total. The summed E-state index contributed by atoms with van der Waals surface area (Å²) in [4.78, 5) is 5.17. The van der Waals surface area contributed by atoms with Crippen LogP contribution in [0.4, 0.5) is 5.69 Å². The lowest BCUT2D eigenvalue weighted by Gasteiger charge is -2.39. The van der Waals surface area contributed by atoms with Crippen molar-refractivity contribution in [2.45, 2.75) is 52.6 Å². The molecule has 49 heavy (non-hydrogen) atoms. The van der Waals surface area contributed by atoms with Crippen LogP contribution in [-0.4, -0.2) is 53.4 Å². The topological polar surface area (TPSA) is 49.4 Å². The van der Waals surface area contributed by atoms with Gasteiger partial charge in [-0.15, -0.1) is 0 Å². The van der Waals surface area contributed by atoms with Crippen molar-refractivity contribution in [2.75, 3.05) is 44.2 Å². The van der Waals surface area contributed by atoms with Crippen LogP contribution in [0.2, 0.25) is 5.02 Å². The predicted molar refractivity (Wildman–Crippen MR) is 203 cm³/mol. The number of allylic oxidation sites excluding steroid dienone is 1. The van der Waals surface area contributed by atoms with Crippen LogP contribution >= 0.6 is 11.6 Å². The normalized spacial score (nSPS) is 16.8. The molecular weight excluding hydrogens is 626 g/mol. The van der Waals surface area contributed by atoms with Gasteiger partial charge in [0.25, 0.3) is 0 Å². The summed E-state index contributed by atoms with van der Waals surface area (Å²) < 4.78 is 10.2. The summed E-state index contributed by atoms with van der Waals surface area (Å²) in [5.41, 5.74) is 10.0. The Morgan fingerprint density at radius 2 is 1.43 bits per heavy atom. The number of hydrogen-bond donors (Lipinski definition) is 1. The molecule has 1 aliphatic heterocycles. The number of para-hydroxylation sites is 3. The molecule has 0 amide bonds. The van der Waals surface area contributed by atoms with Crippen LogP contribution in [0.1, 0.15) is 50.7 Å². The smallest absolute Gasteiger partial charge is 0.203 e. The van der Waals surface area contributed by atoms with Gasteiger partial charge >= 0.3 is 0 Å². The van der Waals surface area contributed by atoms with Crippen molar-refractivity contribution in [3.63, 3.8) is 0 Å². The maximum Gasteiger partial charge on any atom is 0.203 e. The molecule has 1 aromatic heterocycles. The molecule has 1 aliphatic carbocycles. The molecule has 0 atom stereocenters. The highest BCUT2D eigenvalue weighted by molar-refractivity contribution is 6.30. The number of aromatic nitrogens is 2. The number of hydrogen-bond acceptors (Lipinski definition) is 4. The van der Waals surface area contributed by atoms with E-state index in [9.17, 15) is 0 Å². The molecule has 4 aromatic carbocycles. The molecule has 0 unspecified atom stereocenters. The van der Waals surface area contributed by atoms with Crippen LogP contribution in [0.5, 0.6) is 5.75 Å². The largest absolute Gasteiger partial charge is 0.494 e. The van der Waals surface area contributed by atoms with E-state index in [1.807, 2.05) is 42.5 Å². The first kappa shape index (κ1) is 33.2. The first-order chi connectivity index (χ1) is 23.8. The minimum Gasteiger partial charge on any atom is -0.494 e. The zero-order chi connectivity index (χ0) is 33.8. The number of fused-ring (bicyclic) bond motifs is 1. The van der Waals surface area contributed by atoms with Crippen molar-refractivity contribution in [1.82, 2.24) is 14.0 Å². The average molecular weight is 674 g/mol. The molecule has 1 fully saturated rings. The Hall–Kier alpha value is -4.26. The van der Waals surface area contributed by atoms with Crippen LogP contribution in [0.15, 0.2) is 109 Å². The van der Waals surface area contributed by atoms with Crippen LogP contribution in [0, 0.1) is 10.8 Å². The van der Waals surface area contributed by atoms with Gasteiger partial charge in [0.15, 0.2) is 0 Å². The van der Waals surface area contributed by atoms with E-state index in [1.54, 1.807) is 5.57 Å². The lowest BCUT2D eigenvalue weighted by atomic mass is 9.73. The van der Waals surface area contributed by atoms with Crippen molar-refractivity contribution >= 4 is 33.9 Å². The first-order valence-corrected chi connectivity index (χ1v) is 18.1. The number of nitrogens with zero attached hydrogens (tertiary/aromatic N) is 4. The van der Waals surface area contributed by atoms with Crippen LogP contribution in [-0.2, 0) is 13.1 Å². The van der Waals surface area contributed by atoms with E-state index < -0.39 is 0 Å². The van der Waals surface area contributed by atoms with E-state index in [-0.39, 0.29) is 0 Å². The van der Waals surface area contributed by atoms with Crippen LogP contribution < -0.4 is 15.3 Å². The standard InChI is InChI=1S/C42H48ClN5O/c1-42(2)22-21-38(33-15-17-35(43)18-16-33)34(29-42)31-45-24-26-46(27-25-45)36-19-13-32(14-20-36)30-48-40-12-7-6-11-39(40)47(41(48)44)23-8-28-49-37-9-4-3-5-10-37/h3-7,9-20,44H,8,21-31H2,1-2H3. The molecule has 7 rings (SSSR count).